The molecule has 0 saturated heterocycles. The Morgan fingerprint density at radius 2 is 2.00 bits per heavy atom. The molecule has 0 aliphatic heterocycles. The second-order valence-electron chi connectivity index (χ2n) is 4.47. The van der Waals surface area contributed by atoms with E-state index in [4.69, 9.17) is 0 Å². The molecule has 1 heteroatoms. The van der Waals surface area contributed by atoms with Crippen molar-refractivity contribution >= 4 is 0 Å². The quantitative estimate of drug-likeness (QED) is 0.471. The Balaban J connectivity index is 3.50. The zero-order valence-electron chi connectivity index (χ0n) is 9.69. The highest BCUT2D eigenvalue weighted by Gasteiger charge is 2.14. The van der Waals surface area contributed by atoms with Gasteiger partial charge in [0.25, 0.3) is 0 Å². The van der Waals surface area contributed by atoms with Crippen LogP contribution in [0, 0.1) is 5.41 Å². The highest BCUT2D eigenvalue weighted by molar-refractivity contribution is 4.85. The number of nitrogens with one attached hydrogen (secondary N) is 1. The van der Waals surface area contributed by atoms with E-state index in [1.54, 1.807) is 0 Å². The van der Waals surface area contributed by atoms with E-state index in [9.17, 15) is 0 Å². The van der Waals surface area contributed by atoms with Gasteiger partial charge in [0.05, 0.1) is 0 Å². The van der Waals surface area contributed by atoms with E-state index in [1.165, 1.54) is 19.3 Å². The van der Waals surface area contributed by atoms with Gasteiger partial charge in [0.1, 0.15) is 0 Å². The van der Waals surface area contributed by atoms with E-state index >= 15 is 0 Å². The zero-order valence-corrected chi connectivity index (χ0v) is 9.69. The Bertz CT molecular complexity index is 136. The molecule has 0 atom stereocenters. The fraction of sp³-hybridized carbons (Fsp3) is 0.833. The highest BCUT2D eigenvalue weighted by Crippen LogP contribution is 2.19. The molecule has 78 valence electrons. The van der Waals surface area contributed by atoms with Gasteiger partial charge in [-0.1, -0.05) is 39.3 Å². The summed E-state index contributed by atoms with van der Waals surface area (Å²) in [6.07, 6.45) is 8.12. The molecule has 0 spiro atoms. The van der Waals surface area contributed by atoms with Crippen LogP contribution < -0.4 is 5.32 Å². The summed E-state index contributed by atoms with van der Waals surface area (Å²) in [6, 6.07) is 0. The van der Waals surface area contributed by atoms with Gasteiger partial charge in [0.2, 0.25) is 0 Å². The number of hydrogen-bond donors (Lipinski definition) is 1. The molecule has 0 saturated carbocycles. The summed E-state index contributed by atoms with van der Waals surface area (Å²) >= 11 is 0. The van der Waals surface area contributed by atoms with Crippen molar-refractivity contribution < 1.29 is 0 Å². The average molecular weight is 183 g/mol. The van der Waals surface area contributed by atoms with E-state index in [2.05, 4.69) is 45.2 Å². The van der Waals surface area contributed by atoms with Crippen molar-refractivity contribution in [2.24, 2.45) is 5.41 Å². The minimum Gasteiger partial charge on any atom is -0.316 e. The minimum absolute atomic E-state index is 0.403. The van der Waals surface area contributed by atoms with Crippen LogP contribution in [0.1, 0.15) is 47.0 Å². The summed E-state index contributed by atoms with van der Waals surface area (Å²) < 4.78 is 0. The molecule has 0 amide bonds. The predicted octanol–water partition coefficient (Wildman–Crippen LogP) is 3.37. The van der Waals surface area contributed by atoms with E-state index in [-0.39, 0.29) is 0 Å². The summed E-state index contributed by atoms with van der Waals surface area (Å²) in [5, 5.41) is 3.50. The van der Waals surface area contributed by atoms with Gasteiger partial charge in [-0.3, -0.25) is 0 Å². The van der Waals surface area contributed by atoms with Crippen molar-refractivity contribution in [1.29, 1.82) is 0 Å². The number of unbranched alkanes of at least 4 members (excludes halogenated alkanes) is 1. The van der Waals surface area contributed by atoms with Gasteiger partial charge in [-0.05, 0) is 31.7 Å². The lowest BCUT2D eigenvalue weighted by molar-refractivity contribution is 0.344. The fourth-order valence-electron chi connectivity index (χ4n) is 1.24. The zero-order chi connectivity index (χ0) is 10.2. The third-order valence-electron chi connectivity index (χ3n) is 2.22. The van der Waals surface area contributed by atoms with Crippen LogP contribution >= 0.6 is 0 Å². The summed E-state index contributed by atoms with van der Waals surface area (Å²) in [5.41, 5.74) is 0.403. The lowest BCUT2D eigenvalue weighted by Crippen LogP contribution is -2.29. The molecule has 0 rings (SSSR count). The smallest absolute Gasteiger partial charge is 0.000548 e. The van der Waals surface area contributed by atoms with Crippen LogP contribution in [-0.4, -0.2) is 13.1 Å². The summed E-state index contributed by atoms with van der Waals surface area (Å²) in [4.78, 5) is 0. The molecule has 0 aromatic heterocycles. The Kier molecular flexibility index (Phi) is 6.97. The maximum absolute atomic E-state index is 3.50. The van der Waals surface area contributed by atoms with Gasteiger partial charge in [-0.2, -0.15) is 0 Å². The van der Waals surface area contributed by atoms with Crippen LogP contribution in [0.15, 0.2) is 12.2 Å². The second-order valence-corrected chi connectivity index (χ2v) is 4.47. The van der Waals surface area contributed by atoms with Crippen molar-refractivity contribution in [3.8, 4) is 0 Å². The Labute approximate surface area is 83.6 Å². The van der Waals surface area contributed by atoms with Gasteiger partial charge in [-0.15, -0.1) is 0 Å². The topological polar surface area (TPSA) is 12.0 Å². The SMILES string of the molecule is C/C=C/CC(C)(C)CNCCCC. The molecular formula is C12H25N. The van der Waals surface area contributed by atoms with Crippen molar-refractivity contribution in [3.05, 3.63) is 12.2 Å². The summed E-state index contributed by atoms with van der Waals surface area (Å²) in [7, 11) is 0. The number of rotatable bonds is 7. The number of hydrogen-bond acceptors (Lipinski definition) is 1. The minimum atomic E-state index is 0.403. The third-order valence-corrected chi connectivity index (χ3v) is 2.22. The van der Waals surface area contributed by atoms with Crippen LogP contribution in [0.4, 0.5) is 0 Å². The highest BCUT2D eigenvalue weighted by atomic mass is 14.9. The Morgan fingerprint density at radius 3 is 2.54 bits per heavy atom. The summed E-state index contributed by atoms with van der Waals surface area (Å²) in [5.74, 6) is 0. The van der Waals surface area contributed by atoms with E-state index in [1.807, 2.05) is 0 Å². The lowest BCUT2D eigenvalue weighted by atomic mass is 9.89. The first-order valence-corrected chi connectivity index (χ1v) is 5.44. The molecule has 13 heavy (non-hydrogen) atoms. The van der Waals surface area contributed by atoms with Gasteiger partial charge >= 0.3 is 0 Å². The molecular weight excluding hydrogens is 158 g/mol. The van der Waals surface area contributed by atoms with Gasteiger partial charge in [0, 0.05) is 6.54 Å². The monoisotopic (exact) mass is 183 g/mol. The largest absolute Gasteiger partial charge is 0.316 e. The van der Waals surface area contributed by atoms with E-state index in [0.717, 1.165) is 13.1 Å². The van der Waals surface area contributed by atoms with E-state index in [0.29, 0.717) is 5.41 Å². The van der Waals surface area contributed by atoms with Crippen LogP contribution in [0.5, 0.6) is 0 Å². The van der Waals surface area contributed by atoms with Gasteiger partial charge in [-0.25, -0.2) is 0 Å². The first kappa shape index (κ1) is 12.7. The molecule has 0 fully saturated rings. The maximum Gasteiger partial charge on any atom is 0.000548 e. The Morgan fingerprint density at radius 1 is 1.31 bits per heavy atom. The number of allylic oxidation sites excluding steroid dienone is 2. The van der Waals surface area contributed by atoms with Crippen molar-refractivity contribution in [2.75, 3.05) is 13.1 Å². The normalized spacial score (nSPS) is 12.6. The molecule has 0 aliphatic carbocycles. The first-order valence-electron chi connectivity index (χ1n) is 5.44. The summed E-state index contributed by atoms with van der Waals surface area (Å²) in [6.45, 7) is 11.2. The standard InChI is InChI=1S/C12H25N/c1-5-7-9-12(3,4)11-13-10-8-6-2/h5,7,13H,6,8-11H2,1-4H3/b7-5+. The predicted molar refractivity (Wildman–Crippen MR) is 61.0 cm³/mol. The van der Waals surface area contributed by atoms with Crippen LogP contribution in [-0.2, 0) is 0 Å². The molecule has 0 heterocycles. The maximum atomic E-state index is 3.50. The van der Waals surface area contributed by atoms with Crippen molar-refractivity contribution in [3.63, 3.8) is 0 Å². The molecule has 0 unspecified atom stereocenters. The molecule has 0 bridgehead atoms. The van der Waals surface area contributed by atoms with Crippen LogP contribution in [0.3, 0.4) is 0 Å². The van der Waals surface area contributed by atoms with E-state index < -0.39 is 0 Å². The van der Waals surface area contributed by atoms with Crippen molar-refractivity contribution in [2.45, 2.75) is 47.0 Å². The van der Waals surface area contributed by atoms with Crippen LogP contribution in [0.25, 0.3) is 0 Å². The second kappa shape index (κ2) is 7.14. The third kappa shape index (κ3) is 8.04. The first-order chi connectivity index (χ1) is 6.12. The molecule has 1 nitrogen and oxygen atoms in total. The molecule has 0 radical (unpaired) electrons. The Hall–Kier alpha value is -0.300. The van der Waals surface area contributed by atoms with Gasteiger partial charge < -0.3 is 5.32 Å². The lowest BCUT2D eigenvalue weighted by Gasteiger charge is -2.23. The molecule has 0 aliphatic rings. The average Bonchev–Trinajstić information content (AvgIpc) is 2.09. The van der Waals surface area contributed by atoms with Crippen LogP contribution in [0.2, 0.25) is 0 Å². The van der Waals surface area contributed by atoms with Gasteiger partial charge in [0.15, 0.2) is 0 Å². The molecule has 0 aromatic rings. The molecule has 0 aromatic carbocycles. The van der Waals surface area contributed by atoms with Crippen molar-refractivity contribution in [1.82, 2.24) is 5.32 Å². The fourth-order valence-corrected chi connectivity index (χ4v) is 1.24. The molecule has 1 N–H and O–H groups in total.